The van der Waals surface area contributed by atoms with Crippen LogP contribution in [-0.2, 0) is 5.41 Å². The van der Waals surface area contributed by atoms with Crippen molar-refractivity contribution >= 4 is 0 Å². The highest BCUT2D eigenvalue weighted by atomic mass is 14.7. The van der Waals surface area contributed by atoms with Gasteiger partial charge in [0.05, 0.1) is 5.69 Å². The minimum absolute atomic E-state index is 0.200. The van der Waals surface area contributed by atoms with Gasteiger partial charge in [-0.3, -0.25) is 4.98 Å². The van der Waals surface area contributed by atoms with E-state index in [0.29, 0.717) is 5.92 Å². The van der Waals surface area contributed by atoms with E-state index in [9.17, 15) is 0 Å². The average molecular weight is 253 g/mol. The van der Waals surface area contributed by atoms with Crippen molar-refractivity contribution in [2.24, 2.45) is 0 Å². The number of aromatic nitrogens is 1. The van der Waals surface area contributed by atoms with Crippen LogP contribution >= 0.6 is 0 Å². The molecule has 0 bridgehead atoms. The normalized spacial score (nSPS) is 11.9. The van der Waals surface area contributed by atoms with Gasteiger partial charge in [-0.25, -0.2) is 0 Å². The minimum atomic E-state index is 0.200. The summed E-state index contributed by atoms with van der Waals surface area (Å²) in [5.41, 5.74) is 4.96. The van der Waals surface area contributed by atoms with Gasteiger partial charge in [0, 0.05) is 11.3 Å². The summed E-state index contributed by atoms with van der Waals surface area (Å²) in [6.45, 7) is 11.1. The maximum atomic E-state index is 4.73. The summed E-state index contributed by atoms with van der Waals surface area (Å²) in [4.78, 5) is 4.73. The molecule has 2 aromatic rings. The first kappa shape index (κ1) is 13.8. The third kappa shape index (κ3) is 3.23. The number of rotatable bonds is 2. The number of nitrogens with zero attached hydrogens (tertiary/aromatic N) is 1. The molecule has 0 amide bonds. The molecule has 100 valence electrons. The molecule has 0 aliphatic rings. The Bertz CT molecular complexity index is 545. The Hall–Kier alpha value is -1.63. The van der Waals surface area contributed by atoms with Gasteiger partial charge in [0.1, 0.15) is 0 Å². The summed E-state index contributed by atoms with van der Waals surface area (Å²) < 4.78 is 0. The highest BCUT2D eigenvalue weighted by Crippen LogP contribution is 2.26. The van der Waals surface area contributed by atoms with Crippen molar-refractivity contribution in [3.63, 3.8) is 0 Å². The molecule has 0 fully saturated rings. The fraction of sp³-hybridized carbons (Fsp3) is 0.389. The topological polar surface area (TPSA) is 12.9 Å². The van der Waals surface area contributed by atoms with Crippen LogP contribution in [0.25, 0.3) is 11.3 Å². The minimum Gasteiger partial charge on any atom is -0.253 e. The van der Waals surface area contributed by atoms with Gasteiger partial charge in [-0.1, -0.05) is 65.0 Å². The highest BCUT2D eigenvalue weighted by molar-refractivity contribution is 5.59. The van der Waals surface area contributed by atoms with E-state index in [1.165, 1.54) is 11.1 Å². The van der Waals surface area contributed by atoms with Crippen LogP contribution in [0.15, 0.2) is 42.5 Å². The third-order valence-corrected chi connectivity index (χ3v) is 3.41. The number of hydrogen-bond donors (Lipinski definition) is 0. The smallest absolute Gasteiger partial charge is 0.0705 e. The van der Waals surface area contributed by atoms with Crippen LogP contribution in [0.3, 0.4) is 0 Å². The van der Waals surface area contributed by atoms with E-state index in [1.807, 2.05) is 0 Å². The molecule has 0 aliphatic carbocycles. The van der Waals surface area contributed by atoms with Crippen LogP contribution in [-0.4, -0.2) is 4.98 Å². The summed E-state index contributed by atoms with van der Waals surface area (Å²) in [6.07, 6.45) is 0. The van der Waals surface area contributed by atoms with Gasteiger partial charge in [-0.2, -0.15) is 0 Å². The highest BCUT2D eigenvalue weighted by Gasteiger charge is 2.13. The van der Waals surface area contributed by atoms with E-state index in [4.69, 9.17) is 4.98 Å². The zero-order chi connectivity index (χ0) is 14.0. The Morgan fingerprint density at radius 1 is 0.895 bits per heavy atom. The molecule has 1 heterocycles. The van der Waals surface area contributed by atoms with Crippen LogP contribution < -0.4 is 0 Å². The van der Waals surface area contributed by atoms with Gasteiger partial charge in [-0.15, -0.1) is 0 Å². The molecule has 0 N–H and O–H groups in total. The molecule has 0 spiro atoms. The first-order chi connectivity index (χ1) is 8.88. The molecule has 0 aliphatic heterocycles. The number of pyridine rings is 1. The van der Waals surface area contributed by atoms with Gasteiger partial charge in [-0.05, 0) is 29.0 Å². The van der Waals surface area contributed by atoms with Crippen molar-refractivity contribution in [2.75, 3.05) is 0 Å². The molecular formula is C18H23N. The van der Waals surface area contributed by atoms with Crippen molar-refractivity contribution in [1.29, 1.82) is 0 Å². The lowest BCUT2D eigenvalue weighted by molar-refractivity contribution is 0.590. The molecule has 0 saturated heterocycles. The monoisotopic (exact) mass is 253 g/mol. The van der Waals surface area contributed by atoms with E-state index >= 15 is 0 Å². The number of hydrogen-bond acceptors (Lipinski definition) is 1. The van der Waals surface area contributed by atoms with Gasteiger partial charge in [0.2, 0.25) is 0 Å². The number of benzene rings is 1. The Labute approximate surface area is 116 Å². The lowest BCUT2D eigenvalue weighted by Crippen LogP contribution is -2.10. The zero-order valence-corrected chi connectivity index (χ0v) is 12.6. The van der Waals surface area contributed by atoms with Crippen LogP contribution in [0.5, 0.6) is 0 Å². The van der Waals surface area contributed by atoms with E-state index in [1.54, 1.807) is 0 Å². The van der Waals surface area contributed by atoms with Gasteiger partial charge >= 0.3 is 0 Å². The van der Waals surface area contributed by atoms with E-state index in [-0.39, 0.29) is 5.41 Å². The SMILES string of the molecule is CC(C)c1cccc(-c2ccc(C(C)(C)C)cc2)n1. The molecule has 0 unspecified atom stereocenters. The lowest BCUT2D eigenvalue weighted by Gasteiger charge is -2.19. The second kappa shape index (κ2) is 5.16. The molecular weight excluding hydrogens is 230 g/mol. The lowest BCUT2D eigenvalue weighted by atomic mass is 9.86. The predicted octanol–water partition coefficient (Wildman–Crippen LogP) is 5.17. The van der Waals surface area contributed by atoms with E-state index in [0.717, 1.165) is 11.4 Å². The van der Waals surface area contributed by atoms with E-state index in [2.05, 4.69) is 77.1 Å². The van der Waals surface area contributed by atoms with Crippen molar-refractivity contribution in [2.45, 2.75) is 46.0 Å². The molecule has 2 rings (SSSR count). The Morgan fingerprint density at radius 3 is 2.05 bits per heavy atom. The second-order valence-corrected chi connectivity index (χ2v) is 6.43. The third-order valence-electron chi connectivity index (χ3n) is 3.41. The van der Waals surface area contributed by atoms with Crippen molar-refractivity contribution < 1.29 is 0 Å². The molecule has 1 aromatic carbocycles. The summed E-state index contributed by atoms with van der Waals surface area (Å²) in [5, 5.41) is 0. The molecule has 1 nitrogen and oxygen atoms in total. The molecule has 0 saturated carbocycles. The van der Waals surface area contributed by atoms with E-state index < -0.39 is 0 Å². The molecule has 0 atom stereocenters. The van der Waals surface area contributed by atoms with Crippen LogP contribution in [0, 0.1) is 0 Å². The van der Waals surface area contributed by atoms with Gasteiger partial charge < -0.3 is 0 Å². The van der Waals surface area contributed by atoms with Crippen molar-refractivity contribution in [1.82, 2.24) is 4.98 Å². The quantitative estimate of drug-likeness (QED) is 0.719. The molecule has 1 aromatic heterocycles. The van der Waals surface area contributed by atoms with Crippen LogP contribution in [0.1, 0.15) is 51.8 Å². The largest absolute Gasteiger partial charge is 0.253 e. The standard InChI is InChI=1S/C18H23N/c1-13(2)16-7-6-8-17(19-16)14-9-11-15(12-10-14)18(3,4)5/h6-13H,1-5H3. The maximum absolute atomic E-state index is 4.73. The molecule has 0 radical (unpaired) electrons. The van der Waals surface area contributed by atoms with Crippen LogP contribution in [0.2, 0.25) is 0 Å². The molecule has 19 heavy (non-hydrogen) atoms. The summed E-state index contributed by atoms with van der Waals surface area (Å²) >= 11 is 0. The zero-order valence-electron chi connectivity index (χ0n) is 12.6. The summed E-state index contributed by atoms with van der Waals surface area (Å²) in [7, 11) is 0. The summed E-state index contributed by atoms with van der Waals surface area (Å²) in [6, 6.07) is 15.0. The first-order valence-corrected chi connectivity index (χ1v) is 6.96. The molecule has 1 heteroatoms. The second-order valence-electron chi connectivity index (χ2n) is 6.43. The fourth-order valence-corrected chi connectivity index (χ4v) is 2.07. The Kier molecular flexibility index (Phi) is 3.75. The van der Waals surface area contributed by atoms with Crippen LogP contribution in [0.4, 0.5) is 0 Å². The Morgan fingerprint density at radius 2 is 1.53 bits per heavy atom. The van der Waals surface area contributed by atoms with Crippen molar-refractivity contribution in [3.8, 4) is 11.3 Å². The predicted molar refractivity (Wildman–Crippen MR) is 82.5 cm³/mol. The maximum Gasteiger partial charge on any atom is 0.0705 e. The average Bonchev–Trinajstić information content (AvgIpc) is 2.38. The van der Waals surface area contributed by atoms with Crippen molar-refractivity contribution in [3.05, 3.63) is 53.7 Å². The summed E-state index contributed by atoms with van der Waals surface area (Å²) in [5.74, 6) is 0.466. The van der Waals surface area contributed by atoms with Gasteiger partial charge in [0.25, 0.3) is 0 Å². The fourth-order valence-electron chi connectivity index (χ4n) is 2.07. The van der Waals surface area contributed by atoms with Gasteiger partial charge in [0.15, 0.2) is 0 Å². The first-order valence-electron chi connectivity index (χ1n) is 6.96. The Balaban J connectivity index is 2.35.